The van der Waals surface area contributed by atoms with Gasteiger partial charge >= 0.3 is 0 Å². The number of rotatable bonds is 2. The van der Waals surface area contributed by atoms with Gasteiger partial charge < -0.3 is 5.32 Å². The molecule has 1 N–H and O–H groups in total. The molecule has 3 nitrogen and oxygen atoms in total. The average Bonchev–Trinajstić information content (AvgIpc) is 2.29. The van der Waals surface area contributed by atoms with Crippen molar-refractivity contribution in [3.63, 3.8) is 0 Å². The van der Waals surface area contributed by atoms with Gasteiger partial charge in [-0.05, 0) is 36.4 Å². The predicted molar refractivity (Wildman–Crippen MR) is 80.3 cm³/mol. The summed E-state index contributed by atoms with van der Waals surface area (Å²) in [5, 5.41) is 4.03. The van der Waals surface area contributed by atoms with E-state index in [1.807, 2.05) is 12.1 Å². The molecule has 2 rings (SSSR count). The largest absolute Gasteiger partial charge is 0.326 e. The number of amides is 1. The Morgan fingerprint density at radius 3 is 2.26 bits per heavy atom. The highest BCUT2D eigenvalue weighted by Gasteiger charge is 2.07. The topological polar surface area (TPSA) is 41.5 Å². The average molecular weight is 295 g/mol. The molecule has 1 aromatic rings. The standard InChI is InChI=1S/C14H12Cl2N2O/c1-9(19)17-12-2-4-13(5-3-12)18-14-7-10(15)6-11(16)8-14/h2-5,7-8H,6H2,1H3,(H,17,19). The lowest BCUT2D eigenvalue weighted by atomic mass is 10.1. The van der Waals surface area contributed by atoms with Crippen LogP contribution in [0.25, 0.3) is 0 Å². The van der Waals surface area contributed by atoms with Gasteiger partial charge in [0.2, 0.25) is 5.91 Å². The number of benzene rings is 1. The summed E-state index contributed by atoms with van der Waals surface area (Å²) in [5.41, 5.74) is 2.23. The second kappa shape index (κ2) is 6.04. The Labute approximate surface area is 121 Å². The van der Waals surface area contributed by atoms with Crippen LogP contribution >= 0.6 is 23.2 Å². The van der Waals surface area contributed by atoms with E-state index in [2.05, 4.69) is 10.3 Å². The third-order valence-electron chi connectivity index (χ3n) is 2.39. The molecule has 1 aliphatic carbocycles. The first-order valence-corrected chi connectivity index (χ1v) is 6.47. The zero-order valence-electron chi connectivity index (χ0n) is 10.3. The summed E-state index contributed by atoms with van der Waals surface area (Å²) in [6, 6.07) is 7.22. The lowest BCUT2D eigenvalue weighted by Crippen LogP contribution is -2.05. The van der Waals surface area contributed by atoms with Crippen molar-refractivity contribution in [2.24, 2.45) is 4.99 Å². The maximum Gasteiger partial charge on any atom is 0.221 e. The Morgan fingerprint density at radius 1 is 1.16 bits per heavy atom. The van der Waals surface area contributed by atoms with Crippen LogP contribution in [-0.2, 0) is 4.79 Å². The fourth-order valence-electron chi connectivity index (χ4n) is 1.66. The minimum Gasteiger partial charge on any atom is -0.326 e. The molecule has 0 saturated heterocycles. The van der Waals surface area contributed by atoms with E-state index in [1.165, 1.54) is 6.92 Å². The monoisotopic (exact) mass is 294 g/mol. The molecule has 0 bridgehead atoms. The van der Waals surface area contributed by atoms with Crippen molar-refractivity contribution in [3.8, 4) is 0 Å². The Bertz CT molecular complexity index is 566. The number of halogens is 2. The van der Waals surface area contributed by atoms with Gasteiger partial charge in [0.25, 0.3) is 0 Å². The molecular weight excluding hydrogens is 283 g/mol. The van der Waals surface area contributed by atoms with Gasteiger partial charge in [0.1, 0.15) is 0 Å². The van der Waals surface area contributed by atoms with Crippen molar-refractivity contribution < 1.29 is 4.79 Å². The highest BCUT2D eigenvalue weighted by Crippen LogP contribution is 2.25. The van der Waals surface area contributed by atoms with Gasteiger partial charge in [0.05, 0.1) is 11.4 Å². The minimum atomic E-state index is -0.101. The van der Waals surface area contributed by atoms with E-state index in [9.17, 15) is 4.79 Å². The third kappa shape index (κ3) is 4.23. The molecular formula is C14H12Cl2N2O. The van der Waals surface area contributed by atoms with Crippen LogP contribution in [0, 0.1) is 0 Å². The molecule has 0 fully saturated rings. The van der Waals surface area contributed by atoms with Crippen molar-refractivity contribution in [1.82, 2.24) is 0 Å². The van der Waals surface area contributed by atoms with E-state index in [0.717, 1.165) is 11.4 Å². The summed E-state index contributed by atoms with van der Waals surface area (Å²) in [4.78, 5) is 15.3. The summed E-state index contributed by atoms with van der Waals surface area (Å²) in [6.45, 7) is 1.47. The molecule has 0 unspecified atom stereocenters. The van der Waals surface area contributed by atoms with Crippen molar-refractivity contribution in [1.29, 1.82) is 0 Å². The summed E-state index contributed by atoms with van der Waals surface area (Å²) >= 11 is 11.9. The fourth-order valence-corrected chi connectivity index (χ4v) is 2.24. The Kier molecular flexibility index (Phi) is 4.40. The van der Waals surface area contributed by atoms with E-state index in [1.54, 1.807) is 24.3 Å². The molecule has 0 saturated carbocycles. The SMILES string of the molecule is CC(=O)Nc1ccc(N=C2C=C(Cl)CC(Cl)=C2)cc1. The van der Waals surface area contributed by atoms with Gasteiger partial charge in [-0.3, -0.25) is 4.79 Å². The first kappa shape index (κ1) is 13.8. The Hall–Kier alpha value is -1.58. The number of anilines is 1. The van der Waals surface area contributed by atoms with Crippen LogP contribution in [0.1, 0.15) is 13.3 Å². The molecule has 1 amide bonds. The first-order chi connectivity index (χ1) is 9.02. The maximum atomic E-state index is 10.9. The number of aliphatic imine (C=N–C) groups is 1. The minimum absolute atomic E-state index is 0.101. The van der Waals surface area contributed by atoms with E-state index >= 15 is 0 Å². The number of carbonyl (C=O) groups is 1. The molecule has 1 aliphatic rings. The second-order valence-corrected chi connectivity index (χ2v) is 5.09. The molecule has 0 atom stereocenters. The maximum absolute atomic E-state index is 10.9. The number of hydrogen-bond donors (Lipinski definition) is 1. The zero-order valence-corrected chi connectivity index (χ0v) is 11.8. The molecule has 0 spiro atoms. The molecule has 0 aromatic heterocycles. The molecule has 19 heavy (non-hydrogen) atoms. The number of nitrogens with one attached hydrogen (secondary N) is 1. The molecule has 0 aliphatic heterocycles. The quantitative estimate of drug-likeness (QED) is 0.865. The molecule has 1 aromatic carbocycles. The van der Waals surface area contributed by atoms with Crippen molar-refractivity contribution >= 4 is 46.2 Å². The highest BCUT2D eigenvalue weighted by molar-refractivity contribution is 6.38. The number of nitrogens with zero attached hydrogens (tertiary/aromatic N) is 1. The predicted octanol–water partition coefficient (Wildman–Crippen LogP) is 4.37. The van der Waals surface area contributed by atoms with Crippen LogP contribution in [0.2, 0.25) is 0 Å². The van der Waals surface area contributed by atoms with E-state index in [-0.39, 0.29) is 5.91 Å². The summed E-state index contributed by atoms with van der Waals surface area (Å²) in [6.07, 6.45) is 4.13. The second-order valence-electron chi connectivity index (χ2n) is 4.12. The van der Waals surface area contributed by atoms with Gasteiger partial charge in [-0.1, -0.05) is 23.2 Å². The van der Waals surface area contributed by atoms with Crippen LogP contribution in [0.4, 0.5) is 11.4 Å². The molecule has 98 valence electrons. The number of hydrogen-bond acceptors (Lipinski definition) is 2. The normalized spacial score (nSPS) is 14.6. The van der Waals surface area contributed by atoms with Gasteiger partial charge in [-0.25, -0.2) is 4.99 Å². The van der Waals surface area contributed by atoms with Gasteiger partial charge in [0, 0.05) is 29.1 Å². The smallest absolute Gasteiger partial charge is 0.221 e. The van der Waals surface area contributed by atoms with Crippen LogP contribution in [0.15, 0.2) is 51.5 Å². The van der Waals surface area contributed by atoms with Crippen LogP contribution in [0.3, 0.4) is 0 Å². The van der Waals surface area contributed by atoms with Crippen molar-refractivity contribution in [3.05, 3.63) is 46.5 Å². The zero-order chi connectivity index (χ0) is 13.8. The summed E-state index contributed by atoms with van der Waals surface area (Å²) < 4.78 is 0. The highest BCUT2D eigenvalue weighted by atomic mass is 35.5. The van der Waals surface area contributed by atoms with Gasteiger partial charge in [-0.15, -0.1) is 0 Å². The lowest BCUT2D eigenvalue weighted by Gasteiger charge is -2.07. The third-order valence-corrected chi connectivity index (χ3v) is 2.88. The van der Waals surface area contributed by atoms with Crippen LogP contribution in [0.5, 0.6) is 0 Å². The lowest BCUT2D eigenvalue weighted by molar-refractivity contribution is -0.114. The summed E-state index contributed by atoms with van der Waals surface area (Å²) in [5.74, 6) is -0.101. The Balaban J connectivity index is 2.19. The van der Waals surface area contributed by atoms with Crippen molar-refractivity contribution in [2.75, 3.05) is 5.32 Å². The summed E-state index contributed by atoms with van der Waals surface area (Å²) in [7, 11) is 0. The fraction of sp³-hybridized carbons (Fsp3) is 0.143. The molecule has 0 heterocycles. The number of carbonyl (C=O) groups excluding carboxylic acids is 1. The van der Waals surface area contributed by atoms with E-state index in [4.69, 9.17) is 23.2 Å². The molecule has 0 radical (unpaired) electrons. The van der Waals surface area contributed by atoms with Crippen LogP contribution in [-0.4, -0.2) is 11.6 Å². The first-order valence-electron chi connectivity index (χ1n) is 5.71. The van der Waals surface area contributed by atoms with E-state index in [0.29, 0.717) is 22.2 Å². The van der Waals surface area contributed by atoms with E-state index < -0.39 is 0 Å². The van der Waals surface area contributed by atoms with Crippen molar-refractivity contribution in [2.45, 2.75) is 13.3 Å². The van der Waals surface area contributed by atoms with Gasteiger partial charge in [-0.2, -0.15) is 0 Å². The Morgan fingerprint density at radius 2 is 1.74 bits per heavy atom. The van der Waals surface area contributed by atoms with Gasteiger partial charge in [0.15, 0.2) is 0 Å². The molecule has 5 heteroatoms. The van der Waals surface area contributed by atoms with Crippen LogP contribution < -0.4 is 5.32 Å². The number of allylic oxidation sites excluding steroid dienone is 4.